The maximum absolute atomic E-state index is 11.0. The van der Waals surface area contributed by atoms with Crippen LogP contribution in [-0.4, -0.2) is 18.9 Å². The fraction of sp³-hybridized carbons (Fsp3) is 0.727. The van der Waals surface area contributed by atoms with Crippen LogP contribution >= 0.6 is 0 Å². The van der Waals surface area contributed by atoms with E-state index >= 15 is 0 Å². The summed E-state index contributed by atoms with van der Waals surface area (Å²) in [5.74, 6) is -0.217. The summed E-state index contributed by atoms with van der Waals surface area (Å²) in [7, 11) is 0. The van der Waals surface area contributed by atoms with Gasteiger partial charge in [0.1, 0.15) is 0 Å². The first kappa shape index (κ1) is 13.2. The lowest BCUT2D eigenvalue weighted by Gasteiger charge is -2.15. The Kier molecular flexibility index (Phi) is 7.11. The predicted octanol–water partition coefficient (Wildman–Crippen LogP) is 2.66. The molecular formula is C11H20O3. The van der Waals surface area contributed by atoms with Crippen LogP contribution in [0.5, 0.6) is 0 Å². The Balaban J connectivity index is 4.01. The lowest BCUT2D eigenvalue weighted by Crippen LogP contribution is -2.20. The molecule has 3 heteroatoms. The molecule has 0 saturated heterocycles. The lowest BCUT2D eigenvalue weighted by atomic mass is 10.2. The summed E-state index contributed by atoms with van der Waals surface area (Å²) in [4.78, 5) is 11.0. The molecule has 0 aromatic rings. The molecule has 0 spiro atoms. The highest BCUT2D eigenvalue weighted by Crippen LogP contribution is 2.06. The van der Waals surface area contributed by atoms with Gasteiger partial charge in [-0.15, -0.1) is 0 Å². The second-order valence-electron chi connectivity index (χ2n) is 3.25. The number of esters is 1. The maximum Gasteiger partial charge on any atom is 0.307 e. The highest BCUT2D eigenvalue weighted by atomic mass is 16.7. The Morgan fingerprint density at radius 2 is 2.00 bits per heavy atom. The number of allylic oxidation sites excluding steroid dienone is 1. The van der Waals surface area contributed by atoms with Crippen LogP contribution in [0.1, 0.15) is 40.5 Å². The Bertz CT molecular complexity index is 193. The Morgan fingerprint density at radius 3 is 2.43 bits per heavy atom. The van der Waals surface area contributed by atoms with Crippen molar-refractivity contribution in [3.63, 3.8) is 0 Å². The number of carbonyl (C=O) groups is 1. The molecule has 0 rings (SSSR count). The van der Waals surface area contributed by atoms with Crippen LogP contribution in [0.4, 0.5) is 0 Å². The molecule has 0 N–H and O–H groups in total. The lowest BCUT2D eigenvalue weighted by molar-refractivity contribution is -0.176. The zero-order valence-electron chi connectivity index (χ0n) is 9.50. The van der Waals surface area contributed by atoms with Gasteiger partial charge >= 0.3 is 5.97 Å². The normalized spacial score (nSPS) is 12.0. The predicted molar refractivity (Wildman–Crippen MR) is 55.8 cm³/mol. The van der Waals surface area contributed by atoms with E-state index in [9.17, 15) is 4.79 Å². The van der Waals surface area contributed by atoms with Crippen molar-refractivity contribution < 1.29 is 14.3 Å². The van der Waals surface area contributed by atoms with E-state index in [0.717, 1.165) is 0 Å². The SMILES string of the molecule is CCOC(CC=C(C)C)OC(=O)CC. The van der Waals surface area contributed by atoms with E-state index in [4.69, 9.17) is 9.47 Å². The molecule has 1 atom stereocenters. The number of rotatable bonds is 6. The largest absolute Gasteiger partial charge is 0.435 e. The summed E-state index contributed by atoms with van der Waals surface area (Å²) in [6.07, 6.45) is 2.59. The van der Waals surface area contributed by atoms with E-state index in [0.29, 0.717) is 19.4 Å². The molecular weight excluding hydrogens is 180 g/mol. The maximum atomic E-state index is 11.0. The fourth-order valence-electron chi connectivity index (χ4n) is 0.898. The van der Waals surface area contributed by atoms with Gasteiger partial charge in [-0.1, -0.05) is 18.6 Å². The van der Waals surface area contributed by atoms with E-state index in [2.05, 4.69) is 0 Å². The molecule has 14 heavy (non-hydrogen) atoms. The summed E-state index contributed by atoms with van der Waals surface area (Å²) in [6, 6.07) is 0. The average Bonchev–Trinajstić information content (AvgIpc) is 2.14. The van der Waals surface area contributed by atoms with Crippen LogP contribution in [0.15, 0.2) is 11.6 Å². The minimum absolute atomic E-state index is 0.217. The minimum atomic E-state index is -0.428. The molecule has 0 radical (unpaired) electrons. The van der Waals surface area contributed by atoms with E-state index in [1.807, 2.05) is 26.8 Å². The second kappa shape index (κ2) is 7.56. The zero-order valence-corrected chi connectivity index (χ0v) is 9.50. The molecule has 0 aliphatic carbocycles. The van der Waals surface area contributed by atoms with Gasteiger partial charge in [-0.2, -0.15) is 0 Å². The summed E-state index contributed by atoms with van der Waals surface area (Å²) in [5.41, 5.74) is 1.20. The van der Waals surface area contributed by atoms with Crippen LogP contribution < -0.4 is 0 Å². The molecule has 82 valence electrons. The van der Waals surface area contributed by atoms with Crippen molar-refractivity contribution in [2.24, 2.45) is 0 Å². The van der Waals surface area contributed by atoms with Gasteiger partial charge in [-0.05, 0) is 20.8 Å². The topological polar surface area (TPSA) is 35.5 Å². The summed E-state index contributed by atoms with van der Waals surface area (Å²) >= 11 is 0. The molecule has 0 aliphatic rings. The van der Waals surface area contributed by atoms with Gasteiger partial charge < -0.3 is 9.47 Å². The zero-order chi connectivity index (χ0) is 11.0. The number of ether oxygens (including phenoxy) is 2. The van der Waals surface area contributed by atoms with Crippen molar-refractivity contribution in [3.05, 3.63) is 11.6 Å². The minimum Gasteiger partial charge on any atom is -0.435 e. The third kappa shape index (κ3) is 6.66. The van der Waals surface area contributed by atoms with Crippen molar-refractivity contribution in [1.82, 2.24) is 0 Å². The van der Waals surface area contributed by atoms with Crippen molar-refractivity contribution >= 4 is 5.97 Å². The van der Waals surface area contributed by atoms with Crippen LogP contribution in [0.2, 0.25) is 0 Å². The molecule has 0 amide bonds. The first-order chi connectivity index (χ1) is 6.60. The van der Waals surface area contributed by atoms with Gasteiger partial charge in [-0.25, -0.2) is 0 Å². The first-order valence-corrected chi connectivity index (χ1v) is 5.04. The van der Waals surface area contributed by atoms with Crippen LogP contribution in [-0.2, 0) is 14.3 Å². The van der Waals surface area contributed by atoms with Crippen molar-refractivity contribution in [1.29, 1.82) is 0 Å². The smallest absolute Gasteiger partial charge is 0.307 e. The fourth-order valence-corrected chi connectivity index (χ4v) is 0.898. The number of hydrogen-bond acceptors (Lipinski definition) is 3. The van der Waals surface area contributed by atoms with Crippen LogP contribution in [0, 0.1) is 0 Å². The quantitative estimate of drug-likeness (QED) is 0.375. The second-order valence-corrected chi connectivity index (χ2v) is 3.25. The van der Waals surface area contributed by atoms with Crippen molar-refractivity contribution in [2.75, 3.05) is 6.61 Å². The Labute approximate surface area is 86.1 Å². The van der Waals surface area contributed by atoms with Crippen LogP contribution in [0.3, 0.4) is 0 Å². The molecule has 0 saturated carbocycles. The average molecular weight is 200 g/mol. The third-order valence-electron chi connectivity index (χ3n) is 1.62. The first-order valence-electron chi connectivity index (χ1n) is 5.04. The number of hydrogen-bond donors (Lipinski definition) is 0. The van der Waals surface area contributed by atoms with Gasteiger partial charge in [0, 0.05) is 19.4 Å². The molecule has 0 aromatic heterocycles. The molecule has 0 bridgehead atoms. The van der Waals surface area contributed by atoms with E-state index in [1.54, 1.807) is 6.92 Å². The van der Waals surface area contributed by atoms with Crippen molar-refractivity contribution in [3.8, 4) is 0 Å². The monoisotopic (exact) mass is 200 g/mol. The van der Waals surface area contributed by atoms with Gasteiger partial charge in [0.2, 0.25) is 6.29 Å². The third-order valence-corrected chi connectivity index (χ3v) is 1.62. The highest BCUT2D eigenvalue weighted by Gasteiger charge is 2.10. The number of carbonyl (C=O) groups excluding carboxylic acids is 1. The Morgan fingerprint density at radius 1 is 1.36 bits per heavy atom. The van der Waals surface area contributed by atoms with Gasteiger partial charge in [0.05, 0.1) is 0 Å². The summed E-state index contributed by atoms with van der Waals surface area (Å²) in [5, 5.41) is 0. The standard InChI is InChI=1S/C11H20O3/c1-5-10(12)14-11(13-6-2)8-7-9(3)4/h7,11H,5-6,8H2,1-4H3. The summed E-state index contributed by atoms with van der Waals surface area (Å²) < 4.78 is 10.4. The molecule has 0 heterocycles. The molecule has 0 aromatic carbocycles. The van der Waals surface area contributed by atoms with E-state index in [1.165, 1.54) is 5.57 Å². The van der Waals surface area contributed by atoms with Crippen LogP contribution in [0.25, 0.3) is 0 Å². The highest BCUT2D eigenvalue weighted by molar-refractivity contribution is 5.68. The van der Waals surface area contributed by atoms with Gasteiger partial charge in [0.15, 0.2) is 0 Å². The summed E-state index contributed by atoms with van der Waals surface area (Å²) in [6.45, 7) is 8.22. The molecule has 3 nitrogen and oxygen atoms in total. The molecule has 1 unspecified atom stereocenters. The van der Waals surface area contributed by atoms with E-state index < -0.39 is 6.29 Å². The van der Waals surface area contributed by atoms with Crippen molar-refractivity contribution in [2.45, 2.75) is 46.8 Å². The Hall–Kier alpha value is -0.830. The van der Waals surface area contributed by atoms with E-state index in [-0.39, 0.29) is 5.97 Å². The molecule has 0 fully saturated rings. The van der Waals surface area contributed by atoms with Gasteiger partial charge in [0.25, 0.3) is 0 Å². The molecule has 0 aliphatic heterocycles. The van der Waals surface area contributed by atoms with Gasteiger partial charge in [-0.3, -0.25) is 4.79 Å².